The van der Waals surface area contributed by atoms with Crippen molar-refractivity contribution in [3.05, 3.63) is 76.2 Å². The molecule has 3 aromatic rings. The standard InChI is InChI=1S/C29H31ClF3N5O5/c1-19-15-22(30)9-10-23(19)34-28(41)36-24-17-38(16-20-5-7-21(8-6-20)29(31,32)33)26(35-24)27(40)43-14-13-42-25(39)18-37-11-3-2-4-12-37/h5-10,15,17H,2-4,11-14,16,18H2,1H3,(H2,34,36,41). The van der Waals surface area contributed by atoms with Crippen molar-refractivity contribution < 1.29 is 37.0 Å². The molecule has 0 unspecified atom stereocenters. The quantitative estimate of drug-likeness (QED) is 0.219. The van der Waals surface area contributed by atoms with E-state index in [1.165, 1.54) is 22.9 Å². The topological polar surface area (TPSA) is 115 Å². The number of nitrogens with zero attached hydrogens (tertiary/aromatic N) is 3. The summed E-state index contributed by atoms with van der Waals surface area (Å²) in [5, 5.41) is 5.71. The maximum absolute atomic E-state index is 13.0. The Morgan fingerprint density at radius 1 is 0.977 bits per heavy atom. The minimum Gasteiger partial charge on any atom is -0.461 e. The zero-order valence-corrected chi connectivity index (χ0v) is 24.1. The van der Waals surface area contributed by atoms with Crippen molar-refractivity contribution in [2.75, 3.05) is 43.5 Å². The third-order valence-corrected chi connectivity index (χ3v) is 6.89. The number of halogens is 4. The van der Waals surface area contributed by atoms with Crippen LogP contribution in [0.2, 0.25) is 5.02 Å². The monoisotopic (exact) mass is 621 g/mol. The molecule has 0 atom stereocenters. The molecule has 0 bridgehead atoms. The van der Waals surface area contributed by atoms with Crippen molar-refractivity contribution in [3.8, 4) is 0 Å². The van der Waals surface area contributed by atoms with Crippen LogP contribution in [-0.4, -0.2) is 65.3 Å². The first-order valence-corrected chi connectivity index (χ1v) is 14.0. The van der Waals surface area contributed by atoms with Gasteiger partial charge in [-0.25, -0.2) is 14.6 Å². The summed E-state index contributed by atoms with van der Waals surface area (Å²) in [5.74, 6) is -1.51. The molecule has 43 heavy (non-hydrogen) atoms. The van der Waals surface area contributed by atoms with Crippen molar-refractivity contribution in [1.29, 1.82) is 0 Å². The Bertz CT molecular complexity index is 1440. The summed E-state index contributed by atoms with van der Waals surface area (Å²) < 4.78 is 50.8. The van der Waals surface area contributed by atoms with Crippen molar-refractivity contribution >= 4 is 41.1 Å². The molecule has 1 aliphatic heterocycles. The fraction of sp³-hybridized carbons (Fsp3) is 0.379. The Kier molecular flexibility index (Phi) is 10.6. The highest BCUT2D eigenvalue weighted by molar-refractivity contribution is 6.30. The number of rotatable bonds is 10. The van der Waals surface area contributed by atoms with Crippen LogP contribution in [0.15, 0.2) is 48.7 Å². The normalized spacial score (nSPS) is 13.8. The summed E-state index contributed by atoms with van der Waals surface area (Å²) in [6.07, 6.45) is 0.0699. The van der Waals surface area contributed by atoms with Crippen LogP contribution in [0.1, 0.15) is 46.6 Å². The summed E-state index contributed by atoms with van der Waals surface area (Å²) >= 11 is 5.96. The van der Waals surface area contributed by atoms with Gasteiger partial charge in [-0.2, -0.15) is 13.2 Å². The number of piperidine rings is 1. The Morgan fingerprint density at radius 2 is 1.67 bits per heavy atom. The predicted molar refractivity (Wildman–Crippen MR) is 153 cm³/mol. The highest BCUT2D eigenvalue weighted by Crippen LogP contribution is 2.29. The molecule has 1 aromatic heterocycles. The highest BCUT2D eigenvalue weighted by Gasteiger charge is 2.30. The number of carbonyl (C=O) groups excluding carboxylic acids is 3. The Hall–Kier alpha value is -4.10. The number of aromatic nitrogens is 2. The molecule has 2 heterocycles. The smallest absolute Gasteiger partial charge is 0.416 e. The number of urea groups is 1. The Morgan fingerprint density at radius 3 is 2.35 bits per heavy atom. The second kappa shape index (κ2) is 14.4. The van der Waals surface area contributed by atoms with Crippen molar-refractivity contribution in [1.82, 2.24) is 14.5 Å². The first kappa shape index (κ1) is 31.8. The van der Waals surface area contributed by atoms with Crippen LogP contribution < -0.4 is 10.6 Å². The van der Waals surface area contributed by atoms with E-state index < -0.39 is 29.7 Å². The Labute approximate surface area is 251 Å². The lowest BCUT2D eigenvalue weighted by atomic mass is 10.1. The molecule has 4 rings (SSSR count). The first-order valence-electron chi connectivity index (χ1n) is 13.6. The number of aryl methyl sites for hydroxylation is 1. The van der Waals surface area contributed by atoms with Crippen LogP contribution in [0.3, 0.4) is 0 Å². The molecule has 2 N–H and O–H groups in total. The van der Waals surface area contributed by atoms with Gasteiger partial charge in [0.15, 0.2) is 5.82 Å². The van der Waals surface area contributed by atoms with Crippen molar-refractivity contribution in [2.24, 2.45) is 0 Å². The zero-order valence-electron chi connectivity index (χ0n) is 23.4. The van der Waals surface area contributed by atoms with E-state index in [0.717, 1.165) is 50.0 Å². The van der Waals surface area contributed by atoms with Gasteiger partial charge in [0.1, 0.15) is 13.2 Å². The van der Waals surface area contributed by atoms with Gasteiger partial charge in [0, 0.05) is 23.5 Å². The number of esters is 2. The lowest BCUT2D eigenvalue weighted by Crippen LogP contribution is -2.35. The molecule has 14 heteroatoms. The molecule has 1 saturated heterocycles. The molecule has 0 saturated carbocycles. The number of imidazole rings is 1. The van der Waals surface area contributed by atoms with E-state index in [1.807, 2.05) is 4.90 Å². The van der Waals surface area contributed by atoms with Gasteiger partial charge < -0.3 is 19.4 Å². The zero-order chi connectivity index (χ0) is 31.0. The average Bonchev–Trinajstić information content (AvgIpc) is 3.34. The van der Waals surface area contributed by atoms with Gasteiger partial charge in [0.05, 0.1) is 12.1 Å². The number of benzene rings is 2. The molecule has 230 valence electrons. The van der Waals surface area contributed by atoms with Gasteiger partial charge >= 0.3 is 24.1 Å². The number of anilines is 2. The van der Waals surface area contributed by atoms with Gasteiger partial charge in [-0.15, -0.1) is 0 Å². The minimum atomic E-state index is -4.49. The summed E-state index contributed by atoms with van der Waals surface area (Å²) in [6, 6.07) is 8.70. The van der Waals surface area contributed by atoms with E-state index in [-0.39, 0.29) is 37.9 Å². The van der Waals surface area contributed by atoms with E-state index in [4.69, 9.17) is 21.1 Å². The van der Waals surface area contributed by atoms with Crippen molar-refractivity contribution in [3.63, 3.8) is 0 Å². The van der Waals surface area contributed by atoms with Crippen LogP contribution in [0.5, 0.6) is 0 Å². The van der Waals surface area contributed by atoms with Crippen LogP contribution in [0.25, 0.3) is 0 Å². The maximum Gasteiger partial charge on any atom is 0.416 e. The fourth-order valence-corrected chi connectivity index (χ4v) is 4.72. The van der Waals surface area contributed by atoms with Crippen LogP contribution in [-0.2, 0) is 27.0 Å². The average molecular weight is 622 g/mol. The van der Waals surface area contributed by atoms with E-state index in [0.29, 0.717) is 16.3 Å². The van der Waals surface area contributed by atoms with Gasteiger partial charge in [0.2, 0.25) is 5.82 Å². The highest BCUT2D eigenvalue weighted by atomic mass is 35.5. The molecular formula is C29H31ClF3N5O5. The summed E-state index contributed by atoms with van der Waals surface area (Å²) in [4.78, 5) is 43.8. The second-order valence-corrected chi connectivity index (χ2v) is 10.4. The minimum absolute atomic E-state index is 0.00376. The van der Waals surface area contributed by atoms with Crippen LogP contribution >= 0.6 is 11.6 Å². The maximum atomic E-state index is 13.0. The number of alkyl halides is 3. The molecular weight excluding hydrogens is 591 g/mol. The SMILES string of the molecule is Cc1cc(Cl)ccc1NC(=O)Nc1cn(Cc2ccc(C(F)(F)F)cc2)c(C(=O)OCCOC(=O)CN2CCCCC2)n1. The molecule has 0 spiro atoms. The van der Waals surface area contributed by atoms with Crippen LogP contribution in [0.4, 0.5) is 29.5 Å². The molecule has 2 amide bonds. The number of carbonyl (C=O) groups is 3. The van der Waals surface area contributed by atoms with Gasteiger partial charge in [-0.3, -0.25) is 15.0 Å². The third kappa shape index (κ3) is 9.45. The molecule has 0 radical (unpaired) electrons. The largest absolute Gasteiger partial charge is 0.461 e. The van der Waals surface area contributed by atoms with E-state index in [2.05, 4.69) is 15.6 Å². The Balaban J connectivity index is 1.41. The number of amides is 2. The molecule has 10 nitrogen and oxygen atoms in total. The molecule has 2 aromatic carbocycles. The third-order valence-electron chi connectivity index (χ3n) is 6.65. The first-order chi connectivity index (χ1) is 20.5. The summed E-state index contributed by atoms with van der Waals surface area (Å²) in [6.45, 7) is 3.15. The summed E-state index contributed by atoms with van der Waals surface area (Å²) in [7, 11) is 0. The van der Waals surface area contributed by atoms with E-state index in [9.17, 15) is 27.6 Å². The predicted octanol–water partition coefficient (Wildman–Crippen LogP) is 5.74. The fourth-order valence-electron chi connectivity index (χ4n) is 4.49. The number of hydrogen-bond donors (Lipinski definition) is 2. The van der Waals surface area contributed by atoms with Crippen molar-refractivity contribution in [2.45, 2.75) is 38.9 Å². The molecule has 1 fully saturated rings. The van der Waals surface area contributed by atoms with Crippen LogP contribution in [0, 0.1) is 6.92 Å². The van der Waals surface area contributed by atoms with E-state index in [1.54, 1.807) is 25.1 Å². The number of nitrogens with one attached hydrogen (secondary N) is 2. The number of ether oxygens (including phenoxy) is 2. The number of hydrogen-bond acceptors (Lipinski definition) is 7. The van der Waals surface area contributed by atoms with Gasteiger partial charge in [-0.05, 0) is 74.3 Å². The molecule has 0 aliphatic carbocycles. The van der Waals surface area contributed by atoms with Gasteiger partial charge in [-0.1, -0.05) is 30.2 Å². The summed E-state index contributed by atoms with van der Waals surface area (Å²) in [5.41, 5.74) is 0.851. The van der Waals surface area contributed by atoms with Gasteiger partial charge in [0.25, 0.3) is 0 Å². The molecule has 1 aliphatic rings. The second-order valence-electron chi connectivity index (χ2n) is 10.0. The number of likely N-dealkylation sites (tertiary alicyclic amines) is 1. The lowest BCUT2D eigenvalue weighted by molar-refractivity contribution is -0.146. The lowest BCUT2D eigenvalue weighted by Gasteiger charge is -2.25. The van der Waals surface area contributed by atoms with E-state index >= 15 is 0 Å².